The zero-order valence-electron chi connectivity index (χ0n) is 22.0. The van der Waals surface area contributed by atoms with Crippen LogP contribution in [0.25, 0.3) is 22.3 Å². The maximum Gasteiger partial charge on any atom is 0.386 e. The third-order valence-electron chi connectivity index (χ3n) is 7.22. The van der Waals surface area contributed by atoms with Gasteiger partial charge in [-0.15, -0.1) is 0 Å². The van der Waals surface area contributed by atoms with Gasteiger partial charge in [0.25, 0.3) is 0 Å². The number of nitrogens with two attached hydrogens (primary N) is 2. The molecule has 2 bridgehead atoms. The summed E-state index contributed by atoms with van der Waals surface area (Å²) in [6, 6.07) is 0. The lowest BCUT2D eigenvalue weighted by atomic mass is 10.1. The molecule has 24 heteroatoms. The van der Waals surface area contributed by atoms with E-state index in [1.165, 1.54) is 34.4 Å². The summed E-state index contributed by atoms with van der Waals surface area (Å²) in [6.45, 7) is -9.91. The highest BCUT2D eigenvalue weighted by Gasteiger charge is 2.54. The fourth-order valence-electron chi connectivity index (χ4n) is 5.19. The number of aliphatic hydroxyl groups is 1. The maximum atomic E-state index is 16.0. The highest BCUT2D eigenvalue weighted by molar-refractivity contribution is 8.44. The molecule has 3 saturated heterocycles. The van der Waals surface area contributed by atoms with Crippen LogP contribution in [0.3, 0.4) is 0 Å². The van der Waals surface area contributed by atoms with Crippen LogP contribution < -0.4 is 11.5 Å². The van der Waals surface area contributed by atoms with Crippen LogP contribution >= 0.6 is 38.1 Å². The number of anilines is 2. The summed E-state index contributed by atoms with van der Waals surface area (Å²) < 4.78 is 79.4. The smallest absolute Gasteiger partial charge is 0.386 e. The predicted octanol–water partition coefficient (Wildman–Crippen LogP) is 1.22. The van der Waals surface area contributed by atoms with E-state index in [1.54, 1.807) is 0 Å². The van der Waals surface area contributed by atoms with Crippen LogP contribution in [0.1, 0.15) is 12.5 Å². The van der Waals surface area contributed by atoms with Crippen molar-refractivity contribution in [1.29, 1.82) is 0 Å². The highest BCUT2D eigenvalue weighted by atomic mass is 32.7. The van der Waals surface area contributed by atoms with Crippen LogP contribution in [0.2, 0.25) is 0 Å². The Labute approximate surface area is 256 Å². The van der Waals surface area contributed by atoms with Crippen LogP contribution in [-0.4, -0.2) is 94.0 Å². The van der Waals surface area contributed by atoms with E-state index >= 15 is 4.39 Å². The first-order chi connectivity index (χ1) is 20.9. The molecule has 19 nitrogen and oxygen atoms in total. The van der Waals surface area contributed by atoms with Crippen molar-refractivity contribution >= 4 is 72.1 Å². The number of aromatic nitrogens is 8. The Kier molecular flexibility index (Phi) is 7.61. The summed E-state index contributed by atoms with van der Waals surface area (Å²) in [4.78, 5) is 24.3. The topological polar surface area (TPSA) is 249 Å². The van der Waals surface area contributed by atoms with E-state index in [1.807, 2.05) is 0 Å². The van der Waals surface area contributed by atoms with Gasteiger partial charge in [0.2, 0.25) is 0 Å². The molecule has 0 aromatic carbocycles. The molecule has 0 spiro atoms. The van der Waals surface area contributed by atoms with E-state index in [0.29, 0.717) is 0 Å². The van der Waals surface area contributed by atoms with Crippen molar-refractivity contribution in [1.82, 2.24) is 39.0 Å². The molecule has 0 aliphatic carbocycles. The van der Waals surface area contributed by atoms with Gasteiger partial charge in [0.1, 0.15) is 54.2 Å². The Hall–Kier alpha value is -2.49. The van der Waals surface area contributed by atoms with Gasteiger partial charge in [0, 0.05) is 0 Å². The molecule has 3 aliphatic rings. The van der Waals surface area contributed by atoms with E-state index in [0.717, 1.165) is 0 Å². The Morgan fingerprint density at radius 2 is 1.30 bits per heavy atom. The molecule has 7 rings (SSSR count). The van der Waals surface area contributed by atoms with Gasteiger partial charge >= 0.3 is 13.6 Å². The molecular formula is C20H23FN10O9P2S2. The molecule has 10 atom stereocenters. The molecule has 0 saturated carbocycles. The molecule has 3 aliphatic heterocycles. The molecule has 236 valence electrons. The van der Waals surface area contributed by atoms with E-state index in [4.69, 9.17) is 39.0 Å². The molecular weight excluding hydrogens is 669 g/mol. The van der Waals surface area contributed by atoms with E-state index in [-0.39, 0.29) is 34.0 Å². The zero-order valence-corrected chi connectivity index (χ0v) is 25.5. The number of ether oxygens (including phenoxy) is 2. The quantitative estimate of drug-likeness (QED) is 0.146. The van der Waals surface area contributed by atoms with Crippen molar-refractivity contribution in [3.05, 3.63) is 25.3 Å². The number of nitrogen functional groups attached to an aromatic ring is 2. The number of halogens is 1. The van der Waals surface area contributed by atoms with Crippen molar-refractivity contribution in [2.24, 2.45) is 0 Å². The second kappa shape index (κ2) is 11.1. The van der Waals surface area contributed by atoms with Crippen molar-refractivity contribution < 1.29 is 46.2 Å². The first-order valence-corrected chi connectivity index (χ1v) is 18.1. The van der Waals surface area contributed by atoms with Gasteiger partial charge in [-0.25, -0.2) is 43.4 Å². The van der Waals surface area contributed by atoms with Gasteiger partial charge in [-0.2, -0.15) is 0 Å². The van der Waals surface area contributed by atoms with Crippen molar-refractivity contribution in [2.45, 2.75) is 49.1 Å². The van der Waals surface area contributed by atoms with E-state index in [9.17, 15) is 14.2 Å². The molecule has 0 unspecified atom stereocenters. The van der Waals surface area contributed by atoms with E-state index < -0.39 is 76.0 Å². The number of fused-ring (bicyclic) bond motifs is 5. The summed E-state index contributed by atoms with van der Waals surface area (Å²) >= 11 is 8.08. The van der Waals surface area contributed by atoms with Gasteiger partial charge in [-0.05, 0) is 0 Å². The largest absolute Gasteiger partial charge is 0.387 e. The van der Waals surface area contributed by atoms with Crippen LogP contribution in [-0.2, 0) is 36.7 Å². The Morgan fingerprint density at radius 3 is 1.89 bits per heavy atom. The average molecular weight is 693 g/mol. The summed E-state index contributed by atoms with van der Waals surface area (Å²) in [6.07, 6.45) is -6.89. The maximum absolute atomic E-state index is 16.0. The van der Waals surface area contributed by atoms with Gasteiger partial charge in [0.05, 0.1) is 25.9 Å². The third-order valence-corrected chi connectivity index (χ3v) is 10.4. The highest BCUT2D eigenvalue weighted by Crippen LogP contribution is 2.60. The third kappa shape index (κ3) is 5.26. The van der Waals surface area contributed by atoms with Gasteiger partial charge in [0.15, 0.2) is 41.6 Å². The molecule has 0 amide bonds. The predicted molar refractivity (Wildman–Crippen MR) is 153 cm³/mol. The lowest BCUT2D eigenvalue weighted by Crippen LogP contribution is -2.35. The van der Waals surface area contributed by atoms with Gasteiger partial charge in [-0.1, -0.05) is 24.5 Å². The number of hydrogen-bond acceptors (Lipinski definition) is 17. The second-order valence-corrected chi connectivity index (χ2v) is 15.7. The molecule has 4 aromatic heterocycles. The minimum absolute atomic E-state index is 0.0580. The molecule has 4 aromatic rings. The molecule has 44 heavy (non-hydrogen) atoms. The minimum atomic E-state index is -4.36. The molecule has 3 fully saturated rings. The minimum Gasteiger partial charge on any atom is -0.387 e. The normalized spacial score (nSPS) is 38.3. The number of alkyl halides is 1. The number of rotatable bonds is 2. The van der Waals surface area contributed by atoms with Crippen LogP contribution in [0.5, 0.6) is 0 Å². The number of nitrogens with zero attached hydrogens (tertiary/aromatic N) is 8. The first kappa shape index (κ1) is 30.2. The number of hydrogen-bond donors (Lipinski definition) is 5. The lowest BCUT2D eigenvalue weighted by molar-refractivity contribution is -0.0568. The van der Waals surface area contributed by atoms with Gasteiger partial charge < -0.3 is 26.0 Å². The number of imidazole rings is 2. The standard InChI is InChI=1S/C20H23FN10O9P2S2/c21-9-13-8(38-19(9)30-5-28-10-15(22)24-3-26-17(10)30)2-36-42(34,44)40-14-12(32)7(1-35-41(33,43)39-13)37-20(14)31-6-29-11-16(23)25-4-27-18(11)31/h3-9,12-14,19-20,32H,1-2H2,(H,33,43)(H,34,44)(H2,22,24,26)(H2,23,25,27)/t7-,8-,9-,12-,13-,14-,19-,20-,41-,42-/m1/s1. The summed E-state index contributed by atoms with van der Waals surface area (Å²) in [5.41, 5.74) is 12.5. The van der Waals surface area contributed by atoms with Crippen LogP contribution in [0.15, 0.2) is 25.3 Å². The van der Waals surface area contributed by atoms with Crippen LogP contribution in [0, 0.1) is 0 Å². The van der Waals surface area contributed by atoms with E-state index in [2.05, 4.69) is 54.4 Å². The van der Waals surface area contributed by atoms with Gasteiger partial charge in [-0.3, -0.25) is 27.2 Å². The first-order valence-electron chi connectivity index (χ1n) is 12.7. The number of aliphatic hydroxyl groups excluding tert-OH is 1. The molecule has 5 N–H and O–H groups in total. The fraction of sp³-hybridized carbons (Fsp3) is 0.500. The van der Waals surface area contributed by atoms with Crippen LogP contribution in [0.4, 0.5) is 16.0 Å². The Bertz CT molecular complexity index is 1840. The monoisotopic (exact) mass is 692 g/mol. The summed E-state index contributed by atoms with van der Waals surface area (Å²) in [7, 11) is 0. The lowest BCUT2D eigenvalue weighted by Gasteiger charge is -2.26. The fourth-order valence-corrected chi connectivity index (χ4v) is 8.13. The second-order valence-electron chi connectivity index (χ2n) is 9.90. The van der Waals surface area contributed by atoms with Crippen molar-refractivity contribution in [2.75, 3.05) is 24.7 Å². The SMILES string of the molecule is Nc1ncnc2c1ncn2[C@@H]1O[C@@H]2CO[P@@](=O)(S)O[C@@H]3[C@H](O)[C@@H](CO[P@@](=O)(S)O[C@H]2[C@H]1F)O[C@H]3n1cnc2c(N)ncnc21. The molecule has 7 heterocycles. The average Bonchev–Trinajstić information content (AvgIpc) is 3.73. The summed E-state index contributed by atoms with van der Waals surface area (Å²) in [5, 5.41) is 11.1. The molecule has 0 radical (unpaired) electrons. The Balaban J connectivity index is 1.20. The number of thiol groups is 2. The van der Waals surface area contributed by atoms with Crippen molar-refractivity contribution in [3.63, 3.8) is 0 Å². The van der Waals surface area contributed by atoms with Crippen molar-refractivity contribution in [3.8, 4) is 0 Å². The zero-order chi connectivity index (χ0) is 31.0. The summed E-state index contributed by atoms with van der Waals surface area (Å²) in [5.74, 6) is 0.140. The Morgan fingerprint density at radius 1 is 0.795 bits per heavy atom.